The van der Waals surface area contributed by atoms with Gasteiger partial charge in [-0.25, -0.2) is 0 Å². The van der Waals surface area contributed by atoms with Crippen molar-refractivity contribution in [2.45, 2.75) is 6.42 Å². The van der Waals surface area contributed by atoms with Gasteiger partial charge in [0, 0.05) is 38.5 Å². The highest BCUT2D eigenvalue weighted by molar-refractivity contribution is 6.05. The molecule has 1 aliphatic heterocycles. The highest BCUT2D eigenvalue weighted by Crippen LogP contribution is 2.28. The van der Waals surface area contributed by atoms with E-state index >= 15 is 0 Å². The summed E-state index contributed by atoms with van der Waals surface area (Å²) in [4.78, 5) is 30.2. The van der Waals surface area contributed by atoms with Crippen molar-refractivity contribution in [3.05, 3.63) is 40.3 Å². The molecule has 7 nitrogen and oxygen atoms in total. The van der Waals surface area contributed by atoms with Crippen LogP contribution in [0.5, 0.6) is 0 Å². The Morgan fingerprint density at radius 3 is 2.86 bits per heavy atom. The fourth-order valence-electron chi connectivity index (χ4n) is 2.42. The maximum absolute atomic E-state index is 12.2. The quantitative estimate of drug-likeness (QED) is 0.482. The van der Waals surface area contributed by atoms with Crippen molar-refractivity contribution in [2.24, 2.45) is 11.0 Å². The smallest absolute Gasteiger partial charge is 0.255 e. The number of carbonyl (C=O) groups excluding carboxylic acids is 2. The van der Waals surface area contributed by atoms with Crippen molar-refractivity contribution < 1.29 is 9.59 Å². The molecule has 0 aliphatic carbocycles. The Morgan fingerprint density at radius 1 is 1.48 bits per heavy atom. The lowest BCUT2D eigenvalue weighted by molar-refractivity contribution is -0.117. The fraction of sp³-hybridized carbons (Fsp3) is 0.429. The molecule has 1 saturated heterocycles. The van der Waals surface area contributed by atoms with Gasteiger partial charge in [0.1, 0.15) is 0 Å². The van der Waals surface area contributed by atoms with Crippen LogP contribution < -0.4 is 4.90 Å². The zero-order valence-corrected chi connectivity index (χ0v) is 12.1. The Bertz CT molecular complexity index is 607. The first-order valence-electron chi connectivity index (χ1n) is 6.66. The number of nitrogens with zero attached hydrogens (tertiary/aromatic N) is 5. The molecule has 2 rings (SSSR count). The zero-order chi connectivity index (χ0) is 15.4. The van der Waals surface area contributed by atoms with E-state index in [-0.39, 0.29) is 17.7 Å². The SMILES string of the molecule is CN(C)C(=O)c1ccccc1N1CC(CN=[N+]=[N-])CC1=O. The van der Waals surface area contributed by atoms with Gasteiger partial charge in [0.15, 0.2) is 0 Å². The van der Waals surface area contributed by atoms with Crippen molar-refractivity contribution in [3.63, 3.8) is 0 Å². The molecule has 1 atom stereocenters. The first-order valence-corrected chi connectivity index (χ1v) is 6.66. The largest absolute Gasteiger partial charge is 0.345 e. The molecule has 0 spiro atoms. The van der Waals surface area contributed by atoms with Gasteiger partial charge in [-0.1, -0.05) is 17.2 Å². The minimum Gasteiger partial charge on any atom is -0.345 e. The van der Waals surface area contributed by atoms with Crippen molar-refractivity contribution in [1.29, 1.82) is 0 Å². The van der Waals surface area contributed by atoms with Crippen LogP contribution in [-0.4, -0.2) is 43.9 Å². The van der Waals surface area contributed by atoms with Gasteiger partial charge in [-0.05, 0) is 23.6 Å². The number of anilines is 1. The Kier molecular flexibility index (Phi) is 4.45. The highest BCUT2D eigenvalue weighted by Gasteiger charge is 2.32. The summed E-state index contributed by atoms with van der Waals surface area (Å²) in [6, 6.07) is 7.06. The summed E-state index contributed by atoms with van der Waals surface area (Å²) in [5.41, 5.74) is 9.48. The number of hydrogen-bond donors (Lipinski definition) is 0. The third-order valence-electron chi connectivity index (χ3n) is 3.44. The maximum atomic E-state index is 12.2. The molecule has 110 valence electrons. The molecule has 1 aromatic carbocycles. The monoisotopic (exact) mass is 287 g/mol. The van der Waals surface area contributed by atoms with Crippen molar-refractivity contribution in [2.75, 3.05) is 32.1 Å². The van der Waals surface area contributed by atoms with Gasteiger partial charge in [0.25, 0.3) is 5.91 Å². The second-order valence-electron chi connectivity index (χ2n) is 5.20. The molecule has 7 heteroatoms. The summed E-state index contributed by atoms with van der Waals surface area (Å²) in [5, 5.41) is 3.53. The third-order valence-corrected chi connectivity index (χ3v) is 3.44. The van der Waals surface area contributed by atoms with Gasteiger partial charge in [-0.15, -0.1) is 0 Å². The molecular weight excluding hydrogens is 270 g/mol. The molecule has 0 aromatic heterocycles. The summed E-state index contributed by atoms with van der Waals surface area (Å²) in [6.45, 7) is 0.762. The first kappa shape index (κ1) is 14.9. The van der Waals surface area contributed by atoms with E-state index < -0.39 is 0 Å². The van der Waals surface area contributed by atoms with Crippen molar-refractivity contribution in [1.82, 2.24) is 4.90 Å². The van der Waals surface area contributed by atoms with Crippen LogP contribution in [0.15, 0.2) is 29.4 Å². The van der Waals surface area contributed by atoms with E-state index in [4.69, 9.17) is 5.53 Å². The third kappa shape index (κ3) is 3.14. The molecule has 2 amide bonds. The topological polar surface area (TPSA) is 89.4 Å². The predicted molar refractivity (Wildman–Crippen MR) is 78.9 cm³/mol. The van der Waals surface area contributed by atoms with E-state index in [0.29, 0.717) is 30.8 Å². The lowest BCUT2D eigenvalue weighted by atomic mass is 10.1. The standard InChI is InChI=1S/C14H17N5O2/c1-18(2)14(21)11-5-3-4-6-12(11)19-9-10(7-13(19)20)8-16-17-15/h3-6,10H,7-9H2,1-2H3. The van der Waals surface area contributed by atoms with Gasteiger partial charge >= 0.3 is 0 Å². The van der Waals surface area contributed by atoms with Gasteiger partial charge in [0.05, 0.1) is 11.3 Å². The van der Waals surface area contributed by atoms with Crippen molar-refractivity contribution >= 4 is 17.5 Å². The van der Waals surface area contributed by atoms with Crippen LogP contribution in [0.2, 0.25) is 0 Å². The zero-order valence-electron chi connectivity index (χ0n) is 12.1. The van der Waals surface area contributed by atoms with Gasteiger partial charge < -0.3 is 9.80 Å². The summed E-state index contributed by atoms with van der Waals surface area (Å²) in [5.74, 6) is -0.194. The number of amides is 2. The van der Waals surface area contributed by atoms with E-state index in [1.807, 2.05) is 0 Å². The van der Waals surface area contributed by atoms with E-state index in [2.05, 4.69) is 10.0 Å². The molecule has 1 heterocycles. The summed E-state index contributed by atoms with van der Waals surface area (Å²) in [6.07, 6.45) is 0.337. The average Bonchev–Trinajstić information content (AvgIpc) is 2.85. The molecule has 0 N–H and O–H groups in total. The number of carbonyl (C=O) groups is 2. The molecule has 1 fully saturated rings. The van der Waals surface area contributed by atoms with E-state index in [1.54, 1.807) is 43.3 Å². The first-order chi connectivity index (χ1) is 10.0. The van der Waals surface area contributed by atoms with Crippen LogP contribution in [0.25, 0.3) is 10.4 Å². The summed E-state index contributed by atoms with van der Waals surface area (Å²) in [7, 11) is 3.35. The molecule has 0 bridgehead atoms. The Hall–Kier alpha value is -2.53. The Morgan fingerprint density at radius 2 is 2.19 bits per heavy atom. The Labute approximate surface area is 122 Å². The lowest BCUT2D eigenvalue weighted by Crippen LogP contribution is -2.29. The molecule has 1 aromatic rings. The van der Waals surface area contributed by atoms with Gasteiger partial charge in [-0.3, -0.25) is 9.59 Å². The normalized spacial score (nSPS) is 17.5. The number of rotatable bonds is 4. The summed E-state index contributed by atoms with van der Waals surface area (Å²) >= 11 is 0. The van der Waals surface area contributed by atoms with Gasteiger partial charge in [0.2, 0.25) is 5.91 Å². The summed E-state index contributed by atoms with van der Waals surface area (Å²) < 4.78 is 0. The molecule has 0 saturated carbocycles. The van der Waals surface area contributed by atoms with Crippen LogP contribution in [0.4, 0.5) is 5.69 Å². The molecule has 1 unspecified atom stereocenters. The van der Waals surface area contributed by atoms with Crippen LogP contribution in [0.1, 0.15) is 16.8 Å². The van der Waals surface area contributed by atoms with Crippen LogP contribution in [0.3, 0.4) is 0 Å². The second-order valence-corrected chi connectivity index (χ2v) is 5.20. The average molecular weight is 287 g/mol. The van der Waals surface area contributed by atoms with Crippen LogP contribution in [0, 0.1) is 5.92 Å². The van der Waals surface area contributed by atoms with E-state index in [0.717, 1.165) is 0 Å². The second kappa shape index (κ2) is 6.28. The van der Waals surface area contributed by atoms with Gasteiger partial charge in [-0.2, -0.15) is 0 Å². The fourth-order valence-corrected chi connectivity index (χ4v) is 2.42. The van der Waals surface area contributed by atoms with Crippen LogP contribution in [-0.2, 0) is 4.79 Å². The molecule has 1 aliphatic rings. The lowest BCUT2D eigenvalue weighted by Gasteiger charge is -2.21. The minimum absolute atomic E-state index is 0.00378. The number of azide groups is 1. The van der Waals surface area contributed by atoms with E-state index in [1.165, 1.54) is 4.90 Å². The highest BCUT2D eigenvalue weighted by atomic mass is 16.2. The number of hydrogen-bond acceptors (Lipinski definition) is 3. The molecule has 21 heavy (non-hydrogen) atoms. The number of para-hydroxylation sites is 1. The van der Waals surface area contributed by atoms with Crippen molar-refractivity contribution in [3.8, 4) is 0 Å². The Balaban J connectivity index is 2.28. The predicted octanol–water partition coefficient (Wildman–Crippen LogP) is 2.05. The van der Waals surface area contributed by atoms with E-state index in [9.17, 15) is 9.59 Å². The molecular formula is C14H17N5O2. The number of benzene rings is 1. The maximum Gasteiger partial charge on any atom is 0.255 e. The molecule has 0 radical (unpaired) electrons. The minimum atomic E-state index is -0.142. The van der Waals surface area contributed by atoms with Crippen LogP contribution >= 0.6 is 0 Å².